The molecule has 0 fully saturated rings. The van der Waals surface area contributed by atoms with Gasteiger partial charge in [0.25, 0.3) is 5.69 Å². The fraction of sp³-hybridized carbons (Fsp3) is 0. The first-order chi connectivity index (χ1) is 11.0. The van der Waals surface area contributed by atoms with Crippen LogP contribution in [0.15, 0.2) is 36.8 Å². The van der Waals surface area contributed by atoms with Crippen LogP contribution in [-0.2, 0) is 9.59 Å². The van der Waals surface area contributed by atoms with Crippen molar-refractivity contribution in [3.63, 3.8) is 0 Å². The summed E-state index contributed by atoms with van der Waals surface area (Å²) in [5.74, 6) is 0.328. The van der Waals surface area contributed by atoms with Crippen LogP contribution in [0.3, 0.4) is 0 Å². The number of nitrogen functional groups attached to an aromatic ring is 1. The van der Waals surface area contributed by atoms with Gasteiger partial charge in [0.05, 0.1) is 4.92 Å². The van der Waals surface area contributed by atoms with Crippen LogP contribution in [-0.4, -0.2) is 25.7 Å². The van der Waals surface area contributed by atoms with Gasteiger partial charge in [0, 0.05) is 17.8 Å². The first-order valence-corrected chi connectivity index (χ1v) is 6.38. The third kappa shape index (κ3) is 3.15. The molecule has 0 bridgehead atoms. The van der Waals surface area contributed by atoms with Gasteiger partial charge in [-0.1, -0.05) is 11.6 Å². The number of nitro benzene ring substituents is 1. The second kappa shape index (κ2) is 6.65. The predicted molar refractivity (Wildman–Crippen MR) is 79.5 cm³/mol. The molecule has 1 aromatic carbocycles. The zero-order valence-electron chi connectivity index (χ0n) is 11.3. The molecule has 0 atom stereocenters. The van der Waals surface area contributed by atoms with Gasteiger partial charge in [-0.25, -0.2) is 9.50 Å². The van der Waals surface area contributed by atoms with Gasteiger partial charge in [-0.15, -0.1) is 0 Å². The highest BCUT2D eigenvalue weighted by Crippen LogP contribution is 2.33. The van der Waals surface area contributed by atoms with E-state index in [4.69, 9.17) is 26.9 Å². The van der Waals surface area contributed by atoms with Gasteiger partial charge in [-0.05, 0) is 23.8 Å². The lowest BCUT2D eigenvalue weighted by Crippen LogP contribution is -1.98. The summed E-state index contributed by atoms with van der Waals surface area (Å²) < 4.78 is 1.59. The van der Waals surface area contributed by atoms with Crippen LogP contribution < -0.4 is 5.73 Å². The van der Waals surface area contributed by atoms with E-state index in [0.29, 0.717) is 16.9 Å². The summed E-state index contributed by atoms with van der Waals surface area (Å²) >= 11 is 5.92. The summed E-state index contributed by atoms with van der Waals surface area (Å²) in [4.78, 5) is 30.4. The fourth-order valence-corrected chi connectivity index (χ4v) is 2.28. The maximum absolute atomic E-state index is 10.8. The highest BCUT2D eigenvalue weighted by atomic mass is 35.5. The number of aromatic nitrogens is 3. The number of anilines is 1. The number of nitro groups is 1. The molecular weight excluding hydrogens is 326 g/mol. The van der Waals surface area contributed by atoms with E-state index in [-0.39, 0.29) is 16.9 Å². The van der Waals surface area contributed by atoms with E-state index < -0.39 is 4.92 Å². The lowest BCUT2D eigenvalue weighted by molar-refractivity contribution is -0.384. The summed E-state index contributed by atoms with van der Waals surface area (Å²) in [6, 6.07) is 6.31. The Balaban J connectivity index is 0.000000595. The molecule has 0 aliphatic rings. The minimum Gasteiger partial charge on any atom is -0.382 e. The lowest BCUT2D eigenvalue weighted by atomic mass is 10.1. The van der Waals surface area contributed by atoms with Gasteiger partial charge in [-0.2, -0.15) is 14.7 Å². The number of hydrogen-bond donors (Lipinski definition) is 1. The normalized spacial score (nSPS) is 9.78. The largest absolute Gasteiger partial charge is 0.382 e. The summed E-state index contributed by atoms with van der Waals surface area (Å²) in [5, 5.41) is 14.9. The van der Waals surface area contributed by atoms with E-state index in [1.165, 1.54) is 18.5 Å². The Kier molecular flexibility index (Phi) is 4.65. The average Bonchev–Trinajstić information content (AvgIpc) is 2.93. The smallest absolute Gasteiger partial charge is 0.373 e. The molecule has 116 valence electrons. The molecule has 2 heterocycles. The third-order valence-corrected chi connectivity index (χ3v) is 3.24. The number of fused-ring (bicyclic) bond motifs is 1. The second-order valence-electron chi connectivity index (χ2n) is 4.17. The number of rotatable bonds is 2. The molecular formula is C13H8ClN5O4. The maximum Gasteiger partial charge on any atom is 0.373 e. The summed E-state index contributed by atoms with van der Waals surface area (Å²) in [6.45, 7) is 0. The van der Waals surface area contributed by atoms with Crippen LogP contribution in [0.2, 0.25) is 5.02 Å². The van der Waals surface area contributed by atoms with Crippen LogP contribution in [0.4, 0.5) is 11.5 Å². The highest BCUT2D eigenvalue weighted by Gasteiger charge is 2.15. The molecule has 0 saturated heterocycles. The first-order valence-electron chi connectivity index (χ1n) is 6.01. The van der Waals surface area contributed by atoms with E-state index in [0.717, 1.165) is 5.56 Å². The van der Waals surface area contributed by atoms with Gasteiger partial charge in [0.15, 0.2) is 5.82 Å². The van der Waals surface area contributed by atoms with Crippen LogP contribution in [0.5, 0.6) is 0 Å². The van der Waals surface area contributed by atoms with Gasteiger partial charge < -0.3 is 5.73 Å². The third-order valence-electron chi connectivity index (χ3n) is 2.94. The minimum atomic E-state index is -0.526. The molecule has 23 heavy (non-hydrogen) atoms. The topological polar surface area (TPSA) is 133 Å². The first kappa shape index (κ1) is 16.1. The van der Waals surface area contributed by atoms with Gasteiger partial charge >= 0.3 is 6.15 Å². The highest BCUT2D eigenvalue weighted by molar-refractivity contribution is 6.33. The van der Waals surface area contributed by atoms with Crippen LogP contribution >= 0.6 is 11.6 Å². The zero-order valence-corrected chi connectivity index (χ0v) is 12.1. The zero-order chi connectivity index (χ0) is 17.0. The molecule has 0 aliphatic carbocycles. The molecule has 0 radical (unpaired) electrons. The summed E-state index contributed by atoms with van der Waals surface area (Å²) in [5.41, 5.74) is 7.82. The van der Waals surface area contributed by atoms with Crippen molar-refractivity contribution in [1.29, 1.82) is 0 Å². The minimum absolute atomic E-state index is 0.0715. The van der Waals surface area contributed by atoms with E-state index in [1.807, 2.05) is 0 Å². The predicted octanol–water partition coefficient (Wildman–Crippen LogP) is 1.96. The van der Waals surface area contributed by atoms with Crippen molar-refractivity contribution in [3.05, 3.63) is 51.9 Å². The van der Waals surface area contributed by atoms with Crippen molar-refractivity contribution in [2.45, 2.75) is 0 Å². The molecule has 2 aromatic heterocycles. The molecule has 3 rings (SSSR count). The summed E-state index contributed by atoms with van der Waals surface area (Å²) in [6.07, 6.45) is 3.34. The Morgan fingerprint density at radius 3 is 2.61 bits per heavy atom. The Morgan fingerprint density at radius 1 is 1.30 bits per heavy atom. The number of halogens is 1. The Bertz CT molecular complexity index is 918. The number of hydrogen-bond acceptors (Lipinski definition) is 7. The standard InChI is InChI=1S/C12H8ClN5O2.CO2/c13-9-5-7(1-2-10(9)18(19)20)8-3-4-17-11(8)12(14)15-6-16-17;2-1-3/h1-6H,(H2,14,15,16);. The molecule has 0 aliphatic heterocycles. The van der Waals surface area contributed by atoms with Gasteiger partial charge in [-0.3, -0.25) is 10.1 Å². The van der Waals surface area contributed by atoms with Crippen molar-refractivity contribution in [3.8, 4) is 11.1 Å². The number of carbonyl (C=O) groups excluding carboxylic acids is 2. The van der Waals surface area contributed by atoms with Gasteiger partial charge in [0.2, 0.25) is 0 Å². The van der Waals surface area contributed by atoms with E-state index in [9.17, 15) is 10.1 Å². The second-order valence-corrected chi connectivity index (χ2v) is 4.58. The average molecular weight is 334 g/mol. The quantitative estimate of drug-likeness (QED) is 0.559. The number of nitrogens with two attached hydrogens (primary N) is 1. The summed E-state index contributed by atoms with van der Waals surface area (Å²) in [7, 11) is 0. The maximum atomic E-state index is 10.8. The Hall–Kier alpha value is -3.29. The Morgan fingerprint density at radius 2 is 2.00 bits per heavy atom. The van der Waals surface area contributed by atoms with E-state index in [2.05, 4.69) is 10.1 Å². The van der Waals surface area contributed by atoms with Crippen LogP contribution in [0.1, 0.15) is 0 Å². The van der Waals surface area contributed by atoms with Crippen LogP contribution in [0, 0.1) is 10.1 Å². The molecule has 0 unspecified atom stereocenters. The lowest BCUT2D eigenvalue weighted by Gasteiger charge is -2.03. The van der Waals surface area contributed by atoms with Crippen molar-refractivity contribution < 1.29 is 14.5 Å². The van der Waals surface area contributed by atoms with E-state index >= 15 is 0 Å². The molecule has 2 N–H and O–H groups in total. The molecule has 10 heteroatoms. The van der Waals surface area contributed by atoms with E-state index in [1.54, 1.807) is 22.8 Å². The number of nitrogens with zero attached hydrogens (tertiary/aromatic N) is 4. The number of benzene rings is 1. The molecule has 0 saturated carbocycles. The van der Waals surface area contributed by atoms with Crippen molar-refractivity contribution in [2.75, 3.05) is 5.73 Å². The SMILES string of the molecule is Nc1ncnn2ccc(-c3ccc([N+](=O)[O-])c(Cl)c3)c12.O=C=O. The molecule has 0 amide bonds. The monoisotopic (exact) mass is 333 g/mol. The Labute approximate surface area is 133 Å². The van der Waals surface area contributed by atoms with Crippen molar-refractivity contribution in [2.24, 2.45) is 0 Å². The molecule has 3 aromatic rings. The molecule has 0 spiro atoms. The fourth-order valence-electron chi connectivity index (χ4n) is 2.03. The van der Waals surface area contributed by atoms with Crippen molar-refractivity contribution in [1.82, 2.24) is 14.6 Å². The molecule has 9 nitrogen and oxygen atoms in total. The van der Waals surface area contributed by atoms with Crippen LogP contribution in [0.25, 0.3) is 16.6 Å². The van der Waals surface area contributed by atoms with Crippen molar-refractivity contribution >= 4 is 34.8 Å². The van der Waals surface area contributed by atoms with Gasteiger partial charge in [0.1, 0.15) is 16.9 Å².